The molecule has 2 aromatic carbocycles. The van der Waals surface area contributed by atoms with E-state index in [1.54, 1.807) is 26.4 Å². The van der Waals surface area contributed by atoms with Gasteiger partial charge in [-0.3, -0.25) is 10.1 Å². The van der Waals surface area contributed by atoms with Crippen molar-refractivity contribution >= 4 is 17.4 Å². The average molecular weight is 373 g/mol. The zero-order valence-corrected chi connectivity index (χ0v) is 14.9. The molecule has 8 nitrogen and oxygen atoms in total. The molecule has 0 N–H and O–H groups in total. The summed E-state index contributed by atoms with van der Waals surface area (Å²) in [6.07, 6.45) is 0. The first-order valence-corrected chi connectivity index (χ1v) is 8.51. The number of thioether (sulfide) groups is 1. The van der Waals surface area contributed by atoms with Gasteiger partial charge in [0.25, 0.3) is 10.9 Å². The minimum atomic E-state index is -0.468. The predicted octanol–water partition coefficient (Wildman–Crippen LogP) is 3.95. The topological polar surface area (TPSA) is 101 Å². The quantitative estimate of drug-likeness (QED) is 0.348. The van der Waals surface area contributed by atoms with E-state index in [1.165, 1.54) is 23.9 Å². The van der Waals surface area contributed by atoms with Crippen molar-refractivity contribution in [3.63, 3.8) is 0 Å². The van der Waals surface area contributed by atoms with Crippen LogP contribution >= 0.6 is 11.8 Å². The number of nitro groups is 1. The number of hydrogen-bond acceptors (Lipinski definition) is 8. The number of methoxy groups -OCH3 is 2. The monoisotopic (exact) mass is 373 g/mol. The summed E-state index contributed by atoms with van der Waals surface area (Å²) < 4.78 is 16.2. The van der Waals surface area contributed by atoms with Crippen LogP contribution in [0.5, 0.6) is 11.5 Å². The number of benzene rings is 2. The van der Waals surface area contributed by atoms with Gasteiger partial charge in [-0.05, 0) is 24.3 Å². The van der Waals surface area contributed by atoms with Gasteiger partial charge in [-0.1, -0.05) is 17.8 Å². The fraction of sp³-hybridized carbons (Fsp3) is 0.176. The number of nitrogens with zero attached hydrogens (tertiary/aromatic N) is 3. The fourth-order valence-corrected chi connectivity index (χ4v) is 3.01. The van der Waals surface area contributed by atoms with Gasteiger partial charge in [-0.2, -0.15) is 0 Å². The molecule has 3 aromatic rings. The van der Waals surface area contributed by atoms with Gasteiger partial charge in [0.1, 0.15) is 11.5 Å². The van der Waals surface area contributed by atoms with Gasteiger partial charge in [-0.25, -0.2) is 0 Å². The van der Waals surface area contributed by atoms with E-state index in [0.717, 1.165) is 17.1 Å². The van der Waals surface area contributed by atoms with Crippen LogP contribution in [0.25, 0.3) is 11.5 Å². The summed E-state index contributed by atoms with van der Waals surface area (Å²) in [5.74, 6) is 2.23. The summed E-state index contributed by atoms with van der Waals surface area (Å²) in [6, 6.07) is 11.6. The molecule has 0 amide bonds. The van der Waals surface area contributed by atoms with Crippen LogP contribution in [-0.4, -0.2) is 29.3 Å². The Bertz CT molecular complexity index is 928. The molecule has 0 aliphatic heterocycles. The highest BCUT2D eigenvalue weighted by atomic mass is 32.2. The summed E-state index contributed by atoms with van der Waals surface area (Å²) in [4.78, 5) is 10.4. The lowest BCUT2D eigenvalue weighted by molar-refractivity contribution is -0.384. The second kappa shape index (κ2) is 7.87. The van der Waals surface area contributed by atoms with E-state index in [-0.39, 0.29) is 11.6 Å². The van der Waals surface area contributed by atoms with Crippen molar-refractivity contribution in [2.45, 2.75) is 11.0 Å². The highest BCUT2D eigenvalue weighted by molar-refractivity contribution is 7.98. The van der Waals surface area contributed by atoms with Gasteiger partial charge < -0.3 is 13.9 Å². The average Bonchev–Trinajstić information content (AvgIpc) is 3.15. The molecule has 1 heterocycles. The van der Waals surface area contributed by atoms with Gasteiger partial charge >= 0.3 is 0 Å². The Balaban J connectivity index is 1.75. The molecule has 0 fully saturated rings. The maximum absolute atomic E-state index is 10.9. The van der Waals surface area contributed by atoms with Crippen LogP contribution in [-0.2, 0) is 5.75 Å². The van der Waals surface area contributed by atoms with E-state index in [2.05, 4.69) is 10.2 Å². The van der Waals surface area contributed by atoms with Crippen LogP contribution < -0.4 is 9.47 Å². The van der Waals surface area contributed by atoms with Crippen molar-refractivity contribution in [3.8, 4) is 23.0 Å². The Morgan fingerprint density at radius 1 is 1.15 bits per heavy atom. The minimum absolute atomic E-state index is 0.0315. The Kier molecular flexibility index (Phi) is 5.37. The zero-order valence-electron chi connectivity index (χ0n) is 14.0. The van der Waals surface area contributed by atoms with Crippen LogP contribution in [0, 0.1) is 10.1 Å². The van der Waals surface area contributed by atoms with Crippen LogP contribution in [0.4, 0.5) is 5.69 Å². The molecule has 3 rings (SSSR count). The highest BCUT2D eigenvalue weighted by Crippen LogP contribution is 2.32. The summed E-state index contributed by atoms with van der Waals surface area (Å²) in [7, 11) is 3.20. The lowest BCUT2D eigenvalue weighted by atomic mass is 10.2. The van der Waals surface area contributed by atoms with Crippen molar-refractivity contribution < 1.29 is 18.8 Å². The van der Waals surface area contributed by atoms with Crippen molar-refractivity contribution in [2.75, 3.05) is 14.2 Å². The first-order chi connectivity index (χ1) is 12.6. The molecule has 134 valence electrons. The van der Waals surface area contributed by atoms with E-state index in [4.69, 9.17) is 13.9 Å². The molecule has 0 saturated heterocycles. The van der Waals surface area contributed by atoms with E-state index in [9.17, 15) is 10.1 Å². The van der Waals surface area contributed by atoms with E-state index >= 15 is 0 Å². The molecule has 0 aliphatic carbocycles. The molecule has 0 atom stereocenters. The first kappa shape index (κ1) is 17.7. The number of hydrogen-bond donors (Lipinski definition) is 0. The van der Waals surface area contributed by atoms with Crippen molar-refractivity contribution in [1.29, 1.82) is 0 Å². The van der Waals surface area contributed by atoms with E-state index in [0.29, 0.717) is 16.5 Å². The normalized spacial score (nSPS) is 10.5. The Morgan fingerprint density at radius 2 is 2.00 bits per heavy atom. The molecule has 0 saturated carbocycles. The zero-order chi connectivity index (χ0) is 18.5. The van der Waals surface area contributed by atoms with Crippen molar-refractivity contribution in [2.24, 2.45) is 0 Å². The maximum Gasteiger partial charge on any atom is 0.277 e. The van der Waals surface area contributed by atoms with Gasteiger partial charge in [0.2, 0.25) is 5.89 Å². The molecule has 1 aromatic heterocycles. The van der Waals surface area contributed by atoms with Crippen LogP contribution in [0.2, 0.25) is 0 Å². The van der Waals surface area contributed by atoms with Crippen LogP contribution in [0.1, 0.15) is 5.56 Å². The summed E-state index contributed by atoms with van der Waals surface area (Å²) in [5, 5.41) is 19.2. The Morgan fingerprint density at radius 3 is 2.73 bits per heavy atom. The number of nitro benzene ring substituents is 1. The molecular formula is C17H15N3O5S. The van der Waals surface area contributed by atoms with E-state index in [1.807, 2.05) is 18.2 Å². The molecule has 0 unspecified atom stereocenters. The van der Waals surface area contributed by atoms with Crippen molar-refractivity contribution in [3.05, 3.63) is 58.1 Å². The van der Waals surface area contributed by atoms with Gasteiger partial charge in [0.05, 0.1) is 19.1 Å². The minimum Gasteiger partial charge on any atom is -0.497 e. The predicted molar refractivity (Wildman–Crippen MR) is 95.5 cm³/mol. The number of ether oxygens (including phenoxy) is 2. The number of rotatable bonds is 7. The first-order valence-electron chi connectivity index (χ1n) is 7.52. The molecule has 26 heavy (non-hydrogen) atoms. The molecule has 0 bridgehead atoms. The van der Waals surface area contributed by atoms with Gasteiger partial charge in [0, 0.05) is 29.0 Å². The SMILES string of the molecule is COc1ccc(OC)c(CSc2nnc(-c3cccc([N+](=O)[O-])c3)o2)c1. The molecular weight excluding hydrogens is 358 g/mol. The summed E-state index contributed by atoms with van der Waals surface area (Å²) in [5.41, 5.74) is 1.39. The standard InChI is InChI=1S/C17H15N3O5S/c1-23-14-6-7-15(24-2)12(9-14)10-26-17-19-18-16(25-17)11-4-3-5-13(8-11)20(21)22/h3-9H,10H2,1-2H3. The second-order valence-electron chi connectivity index (χ2n) is 5.15. The number of non-ortho nitro benzene ring substituents is 1. The Hall–Kier alpha value is -3.07. The third-order valence-electron chi connectivity index (χ3n) is 3.55. The smallest absolute Gasteiger partial charge is 0.277 e. The summed E-state index contributed by atoms with van der Waals surface area (Å²) in [6.45, 7) is 0. The third kappa shape index (κ3) is 3.94. The molecule has 0 radical (unpaired) electrons. The molecule has 9 heteroatoms. The third-order valence-corrected chi connectivity index (χ3v) is 4.42. The van der Waals surface area contributed by atoms with Gasteiger partial charge in [-0.15, -0.1) is 10.2 Å². The second-order valence-corrected chi connectivity index (χ2v) is 6.07. The lowest BCUT2D eigenvalue weighted by Crippen LogP contribution is -1.92. The number of aromatic nitrogens is 2. The fourth-order valence-electron chi connectivity index (χ4n) is 2.27. The molecule has 0 aliphatic rings. The van der Waals surface area contributed by atoms with Crippen molar-refractivity contribution in [1.82, 2.24) is 10.2 Å². The largest absolute Gasteiger partial charge is 0.497 e. The van der Waals surface area contributed by atoms with Gasteiger partial charge in [0.15, 0.2) is 0 Å². The van der Waals surface area contributed by atoms with E-state index < -0.39 is 4.92 Å². The van der Waals surface area contributed by atoms with Crippen LogP contribution in [0.15, 0.2) is 52.1 Å². The maximum atomic E-state index is 10.9. The lowest BCUT2D eigenvalue weighted by Gasteiger charge is -2.09. The highest BCUT2D eigenvalue weighted by Gasteiger charge is 2.14. The Labute approximate surface area is 153 Å². The summed E-state index contributed by atoms with van der Waals surface area (Å²) >= 11 is 1.34. The van der Waals surface area contributed by atoms with Crippen LogP contribution in [0.3, 0.4) is 0 Å². The molecule has 0 spiro atoms.